The van der Waals surface area contributed by atoms with Crippen molar-refractivity contribution in [1.82, 2.24) is 5.16 Å². The molecule has 7 heteroatoms. The largest absolute Gasteiger partial charge is 0.416 e. The minimum Gasteiger partial charge on any atom is -0.364 e. The van der Waals surface area contributed by atoms with Crippen LogP contribution in [-0.2, 0) is 17.1 Å². The van der Waals surface area contributed by atoms with Crippen LogP contribution < -0.4 is 0 Å². The third-order valence-electron chi connectivity index (χ3n) is 4.34. The maximum absolute atomic E-state index is 13.3. The average Bonchev–Trinajstić information content (AvgIpc) is 3.33. The number of alkyl halides is 3. The highest BCUT2D eigenvalue weighted by Gasteiger charge is 2.46. The lowest BCUT2D eigenvalue weighted by molar-refractivity contribution is -0.137. The molecule has 1 heterocycles. The summed E-state index contributed by atoms with van der Waals surface area (Å²) < 4.78 is 44.8. The number of ketones is 1. The van der Waals surface area contributed by atoms with E-state index in [4.69, 9.17) is 4.52 Å². The number of rotatable bonds is 5. The molecule has 2 aromatic carbocycles. The fraction of sp³-hybridized carbons (Fsp3) is 0.200. The Hall–Kier alpha value is -2.54. The number of hydrogen-bond donors (Lipinski definition) is 0. The third-order valence-corrected chi connectivity index (χ3v) is 7.07. The lowest BCUT2D eigenvalue weighted by Crippen LogP contribution is -2.17. The first-order valence-electron chi connectivity index (χ1n) is 8.38. The molecule has 4 rings (SSSR count). The van der Waals surface area contributed by atoms with Gasteiger partial charge in [-0.15, -0.1) is 0 Å². The van der Waals surface area contributed by atoms with Crippen molar-refractivity contribution in [2.24, 2.45) is 0 Å². The van der Waals surface area contributed by atoms with Crippen molar-refractivity contribution in [3.8, 4) is 0 Å². The Labute approximate surface area is 156 Å². The van der Waals surface area contributed by atoms with Crippen molar-refractivity contribution in [3.63, 3.8) is 0 Å². The Balaban J connectivity index is 1.88. The molecule has 1 atom stereocenters. The molecule has 0 radical (unpaired) electrons. The first kappa shape index (κ1) is 17.9. The monoisotopic (exact) mass is 390 g/mol. The number of carbonyl (C=O) groups excluding carboxylic acids is 1. The lowest BCUT2D eigenvalue weighted by Gasteiger charge is -2.14. The normalized spacial score (nSPS) is 15.5. The molecule has 1 saturated carbocycles. The molecule has 3 nitrogen and oxygen atoms in total. The average molecular weight is 390 g/mol. The molecule has 1 unspecified atom stereocenters. The van der Waals surface area contributed by atoms with Crippen molar-refractivity contribution in [3.05, 3.63) is 77.7 Å². The molecule has 3 aromatic rings. The van der Waals surface area contributed by atoms with Gasteiger partial charge < -0.3 is 4.52 Å². The molecule has 1 aliphatic rings. The molecule has 0 saturated heterocycles. The highest BCUT2D eigenvalue weighted by Crippen LogP contribution is 2.43. The Morgan fingerprint density at radius 3 is 2.44 bits per heavy atom. The molecule has 1 fully saturated rings. The molecular formula is C20H15F3NO2S+. The van der Waals surface area contributed by atoms with Crippen molar-refractivity contribution >= 4 is 16.7 Å². The smallest absolute Gasteiger partial charge is 0.364 e. The van der Waals surface area contributed by atoms with Crippen LogP contribution in [0, 0.1) is 0 Å². The summed E-state index contributed by atoms with van der Waals surface area (Å²) in [5.74, 6) is -0.381. The third kappa shape index (κ3) is 3.64. The van der Waals surface area contributed by atoms with E-state index < -0.39 is 22.6 Å². The summed E-state index contributed by atoms with van der Waals surface area (Å²) >= 11 is 0. The van der Waals surface area contributed by atoms with Crippen molar-refractivity contribution < 1.29 is 22.5 Å². The zero-order valence-electron chi connectivity index (χ0n) is 14.1. The topological polar surface area (TPSA) is 43.1 Å². The summed E-state index contributed by atoms with van der Waals surface area (Å²) in [5, 5.41) is 3.79. The Morgan fingerprint density at radius 1 is 1.11 bits per heavy atom. The van der Waals surface area contributed by atoms with Gasteiger partial charge in [0.2, 0.25) is 5.78 Å². The molecule has 138 valence electrons. The van der Waals surface area contributed by atoms with Crippen molar-refractivity contribution in [1.29, 1.82) is 0 Å². The van der Waals surface area contributed by atoms with Crippen LogP contribution in [-0.4, -0.2) is 16.2 Å². The van der Waals surface area contributed by atoms with Crippen LogP contribution in [0.25, 0.3) is 0 Å². The maximum atomic E-state index is 13.3. The molecule has 0 amide bonds. The van der Waals surface area contributed by atoms with Gasteiger partial charge in [0.05, 0.1) is 33.8 Å². The van der Waals surface area contributed by atoms with Gasteiger partial charge in [-0.2, -0.15) is 13.2 Å². The fourth-order valence-corrected chi connectivity index (χ4v) is 5.62. The van der Waals surface area contributed by atoms with E-state index >= 15 is 0 Å². The van der Waals surface area contributed by atoms with Gasteiger partial charge in [0.1, 0.15) is 11.5 Å². The number of carbonyl (C=O) groups is 1. The van der Waals surface area contributed by atoms with Gasteiger partial charge in [-0.25, -0.2) is 0 Å². The number of hydrogen-bond acceptors (Lipinski definition) is 3. The molecule has 0 bridgehead atoms. The summed E-state index contributed by atoms with van der Waals surface area (Å²) in [6.07, 6.45) is -0.101. The van der Waals surface area contributed by atoms with Crippen LogP contribution >= 0.6 is 0 Å². The number of nitrogens with zero attached hydrogens (tertiary/aromatic N) is 1. The standard InChI is InChI=1S/C20H15F3NO2S/c21-20(22,23)14-6-9-17(19(25)13-11-24-26-12-13)18(10-14)27(16-7-8-16)15-4-2-1-3-5-15/h1-6,9-12,16H,7-8H2/q+1. The Bertz CT molecular complexity index is 951. The van der Waals surface area contributed by atoms with Gasteiger partial charge in [-0.05, 0) is 24.3 Å². The van der Waals surface area contributed by atoms with Gasteiger partial charge in [-0.1, -0.05) is 23.4 Å². The Kier molecular flexibility index (Phi) is 4.55. The molecule has 0 N–H and O–H groups in total. The SMILES string of the molecule is O=C(c1cnoc1)c1ccc(C(F)(F)F)cc1[S+](c1ccccc1)C1CC1. The van der Waals surface area contributed by atoms with E-state index in [1.54, 1.807) is 0 Å². The van der Waals surface area contributed by atoms with Crippen LogP contribution in [0.1, 0.15) is 34.3 Å². The van der Waals surface area contributed by atoms with Crippen LogP contribution in [0.2, 0.25) is 0 Å². The molecular weight excluding hydrogens is 375 g/mol. The highest BCUT2D eigenvalue weighted by atomic mass is 32.2. The quantitative estimate of drug-likeness (QED) is 0.448. The zero-order chi connectivity index (χ0) is 19.0. The van der Waals surface area contributed by atoms with Crippen molar-refractivity contribution in [2.75, 3.05) is 0 Å². The summed E-state index contributed by atoms with van der Waals surface area (Å²) in [7, 11) is -0.603. The minimum atomic E-state index is -4.47. The van der Waals surface area contributed by atoms with Crippen LogP contribution in [0.15, 0.2) is 75.3 Å². The van der Waals surface area contributed by atoms with E-state index in [2.05, 4.69) is 5.16 Å². The van der Waals surface area contributed by atoms with Crippen LogP contribution in [0.3, 0.4) is 0 Å². The summed E-state index contributed by atoms with van der Waals surface area (Å²) in [5.41, 5.74) is -0.248. The van der Waals surface area contributed by atoms with Crippen LogP contribution in [0.5, 0.6) is 0 Å². The van der Waals surface area contributed by atoms with E-state index in [9.17, 15) is 18.0 Å². The van der Waals surface area contributed by atoms with Gasteiger partial charge in [0.25, 0.3) is 0 Å². The van der Waals surface area contributed by atoms with E-state index in [1.807, 2.05) is 30.3 Å². The highest BCUT2D eigenvalue weighted by molar-refractivity contribution is 7.98. The van der Waals surface area contributed by atoms with Crippen molar-refractivity contribution in [2.45, 2.75) is 34.1 Å². The second-order valence-corrected chi connectivity index (χ2v) is 8.55. The summed E-state index contributed by atoms with van der Waals surface area (Å²) in [6.45, 7) is 0. The first-order chi connectivity index (χ1) is 12.9. The molecule has 27 heavy (non-hydrogen) atoms. The summed E-state index contributed by atoms with van der Waals surface area (Å²) in [6, 6.07) is 12.8. The van der Waals surface area contributed by atoms with Gasteiger partial charge in [-0.3, -0.25) is 4.79 Å². The Morgan fingerprint density at radius 2 is 1.85 bits per heavy atom. The van der Waals surface area contributed by atoms with E-state index in [1.165, 1.54) is 18.5 Å². The minimum absolute atomic E-state index is 0.225. The van der Waals surface area contributed by atoms with E-state index in [-0.39, 0.29) is 22.2 Å². The van der Waals surface area contributed by atoms with Gasteiger partial charge in [0.15, 0.2) is 9.79 Å². The predicted molar refractivity (Wildman–Crippen MR) is 94.7 cm³/mol. The molecule has 1 aliphatic carbocycles. The van der Waals surface area contributed by atoms with E-state index in [0.717, 1.165) is 29.9 Å². The summed E-state index contributed by atoms with van der Waals surface area (Å²) in [4.78, 5) is 14.3. The number of halogens is 3. The fourth-order valence-electron chi connectivity index (χ4n) is 2.91. The molecule has 1 aromatic heterocycles. The van der Waals surface area contributed by atoms with E-state index in [0.29, 0.717) is 4.90 Å². The van der Waals surface area contributed by atoms with Crippen LogP contribution in [0.4, 0.5) is 13.2 Å². The zero-order valence-corrected chi connectivity index (χ0v) is 14.9. The molecule has 0 aliphatic heterocycles. The second-order valence-electron chi connectivity index (χ2n) is 6.30. The maximum Gasteiger partial charge on any atom is 0.416 e. The second kappa shape index (κ2) is 6.88. The van der Waals surface area contributed by atoms with Gasteiger partial charge in [0, 0.05) is 18.9 Å². The number of benzene rings is 2. The lowest BCUT2D eigenvalue weighted by atomic mass is 10.0. The number of aromatic nitrogens is 1. The first-order valence-corrected chi connectivity index (χ1v) is 9.67. The predicted octanol–water partition coefficient (Wildman–Crippen LogP) is 5.12. The van der Waals surface area contributed by atoms with Gasteiger partial charge >= 0.3 is 6.18 Å². The molecule has 0 spiro atoms.